The van der Waals surface area contributed by atoms with Gasteiger partial charge in [0.15, 0.2) is 0 Å². The molecule has 0 radical (unpaired) electrons. The minimum absolute atomic E-state index is 0.146. The van der Waals surface area contributed by atoms with E-state index in [-0.39, 0.29) is 5.41 Å². The second-order valence-corrected chi connectivity index (χ2v) is 17.6. The Morgan fingerprint density at radius 3 is 1.62 bits per heavy atom. The van der Waals surface area contributed by atoms with Gasteiger partial charge in [0, 0.05) is 44.9 Å². The fourth-order valence-electron chi connectivity index (χ4n) is 10.8. The van der Waals surface area contributed by atoms with Crippen LogP contribution in [0.25, 0.3) is 98.4 Å². The molecule has 0 saturated carbocycles. The molecule has 0 fully saturated rings. The maximum absolute atomic E-state index is 7.12. The summed E-state index contributed by atoms with van der Waals surface area (Å²) in [5, 5.41) is 12.1. The average molecular weight is 804 g/mol. The molecule has 2 heteroatoms. The van der Waals surface area contributed by atoms with Crippen molar-refractivity contribution in [1.29, 1.82) is 0 Å². The van der Waals surface area contributed by atoms with E-state index in [0.29, 0.717) is 0 Å². The van der Waals surface area contributed by atoms with E-state index in [1.54, 1.807) is 0 Å². The monoisotopic (exact) mass is 803 g/mol. The molecule has 1 aliphatic carbocycles. The lowest BCUT2D eigenvalue weighted by Crippen LogP contribution is -2.16. The van der Waals surface area contributed by atoms with Gasteiger partial charge in [-0.3, -0.25) is 0 Å². The van der Waals surface area contributed by atoms with Crippen LogP contribution in [0.15, 0.2) is 217 Å². The van der Waals surface area contributed by atoms with Gasteiger partial charge in [-0.25, -0.2) is 0 Å². The highest BCUT2D eigenvalue weighted by molar-refractivity contribution is 6.26. The molecule has 13 rings (SSSR count). The molecule has 12 aromatic rings. The number of nitrogens with zero attached hydrogens (tertiary/aromatic N) is 1. The molecule has 2 nitrogen and oxygen atoms in total. The van der Waals surface area contributed by atoms with Crippen LogP contribution in [0.1, 0.15) is 25.0 Å². The Morgan fingerprint density at radius 1 is 0.349 bits per heavy atom. The molecule has 0 saturated heterocycles. The van der Waals surface area contributed by atoms with Gasteiger partial charge in [-0.1, -0.05) is 178 Å². The molecule has 0 N–H and O–H groups in total. The zero-order valence-electron chi connectivity index (χ0n) is 35.1. The Labute approximate surface area is 365 Å². The van der Waals surface area contributed by atoms with Crippen LogP contribution in [0.3, 0.4) is 0 Å². The molecule has 0 spiro atoms. The third-order valence-electron chi connectivity index (χ3n) is 13.8. The zero-order chi connectivity index (χ0) is 41.8. The minimum atomic E-state index is -0.146. The molecule has 63 heavy (non-hydrogen) atoms. The van der Waals surface area contributed by atoms with Crippen molar-refractivity contribution < 1.29 is 4.42 Å². The lowest BCUT2D eigenvalue weighted by atomic mass is 9.82. The molecule has 1 heterocycles. The van der Waals surface area contributed by atoms with Crippen LogP contribution in [-0.2, 0) is 5.41 Å². The van der Waals surface area contributed by atoms with Crippen LogP contribution >= 0.6 is 0 Å². The van der Waals surface area contributed by atoms with Crippen LogP contribution in [0.5, 0.6) is 0 Å². The number of hydrogen-bond donors (Lipinski definition) is 0. The smallest absolute Gasteiger partial charge is 0.143 e. The van der Waals surface area contributed by atoms with E-state index >= 15 is 0 Å². The Bertz CT molecular complexity index is 3780. The number of anilines is 3. The van der Waals surface area contributed by atoms with Crippen molar-refractivity contribution >= 4 is 82.1 Å². The van der Waals surface area contributed by atoms with Gasteiger partial charge in [0.1, 0.15) is 11.2 Å². The Balaban J connectivity index is 1.03. The van der Waals surface area contributed by atoms with E-state index < -0.39 is 0 Å². The number of rotatable bonds is 5. The highest BCUT2D eigenvalue weighted by Gasteiger charge is 2.36. The molecule has 296 valence electrons. The van der Waals surface area contributed by atoms with Gasteiger partial charge in [-0.05, 0) is 124 Å². The third-order valence-corrected chi connectivity index (χ3v) is 13.8. The van der Waals surface area contributed by atoms with E-state index in [9.17, 15) is 0 Å². The van der Waals surface area contributed by atoms with E-state index in [4.69, 9.17) is 4.42 Å². The van der Waals surface area contributed by atoms with Crippen LogP contribution in [0.2, 0.25) is 0 Å². The summed E-state index contributed by atoms with van der Waals surface area (Å²) in [5.74, 6) is 0. The van der Waals surface area contributed by atoms with Crippen molar-refractivity contribution in [2.45, 2.75) is 19.3 Å². The van der Waals surface area contributed by atoms with Crippen LogP contribution in [0, 0.1) is 0 Å². The lowest BCUT2D eigenvalue weighted by molar-refractivity contribution is 0.660. The first kappa shape index (κ1) is 35.8. The van der Waals surface area contributed by atoms with Crippen LogP contribution in [-0.4, -0.2) is 0 Å². The highest BCUT2D eigenvalue weighted by Crippen LogP contribution is 2.51. The topological polar surface area (TPSA) is 16.4 Å². The first-order valence-electron chi connectivity index (χ1n) is 21.9. The van der Waals surface area contributed by atoms with Crippen molar-refractivity contribution in [1.82, 2.24) is 0 Å². The van der Waals surface area contributed by atoms with Gasteiger partial charge in [-0.15, -0.1) is 0 Å². The SMILES string of the molecule is CC1(C)c2ccccc2-c2ccc(N(c3ccc4c(c3)oc3c(-c5ccc(-c6ccccc6)cc5)c5ccccc5cc34)c3ccc4c5ccccc5c5ccccc5c4c3)cc21. The van der Waals surface area contributed by atoms with E-state index in [2.05, 4.69) is 231 Å². The van der Waals surface area contributed by atoms with Crippen LogP contribution in [0.4, 0.5) is 17.1 Å². The molecule has 11 aromatic carbocycles. The van der Waals surface area contributed by atoms with Crippen molar-refractivity contribution in [3.63, 3.8) is 0 Å². The maximum atomic E-state index is 7.12. The summed E-state index contributed by atoms with van der Waals surface area (Å²) in [5.41, 5.74) is 14.8. The largest absolute Gasteiger partial charge is 0.455 e. The summed E-state index contributed by atoms with van der Waals surface area (Å²) >= 11 is 0. The normalized spacial score (nSPS) is 13.0. The summed E-state index contributed by atoms with van der Waals surface area (Å²) in [7, 11) is 0. The van der Waals surface area contributed by atoms with Crippen molar-refractivity contribution in [3.05, 3.63) is 223 Å². The molecule has 0 unspecified atom stereocenters. The number of fused-ring (bicyclic) bond motifs is 13. The average Bonchev–Trinajstić information content (AvgIpc) is 3.81. The number of benzene rings is 11. The van der Waals surface area contributed by atoms with Crippen molar-refractivity contribution in [2.24, 2.45) is 0 Å². The second kappa shape index (κ2) is 13.5. The first-order chi connectivity index (χ1) is 31.0. The summed E-state index contributed by atoms with van der Waals surface area (Å²) in [6.45, 7) is 4.71. The van der Waals surface area contributed by atoms with Crippen LogP contribution < -0.4 is 4.90 Å². The van der Waals surface area contributed by atoms with Gasteiger partial charge in [-0.2, -0.15) is 0 Å². The van der Waals surface area contributed by atoms with E-state index in [1.807, 2.05) is 0 Å². The van der Waals surface area contributed by atoms with Gasteiger partial charge in [0.2, 0.25) is 0 Å². The van der Waals surface area contributed by atoms with E-state index in [1.165, 1.54) is 76.5 Å². The van der Waals surface area contributed by atoms with E-state index in [0.717, 1.165) is 50.1 Å². The molecular formula is C61H41NO. The highest BCUT2D eigenvalue weighted by atomic mass is 16.3. The fourth-order valence-corrected chi connectivity index (χ4v) is 10.8. The second-order valence-electron chi connectivity index (χ2n) is 17.6. The first-order valence-corrected chi connectivity index (χ1v) is 21.9. The predicted molar refractivity (Wildman–Crippen MR) is 267 cm³/mol. The van der Waals surface area contributed by atoms with Crippen molar-refractivity contribution in [2.75, 3.05) is 4.90 Å². The molecule has 0 atom stereocenters. The zero-order valence-corrected chi connectivity index (χ0v) is 35.1. The Kier molecular flexibility index (Phi) is 7.68. The maximum Gasteiger partial charge on any atom is 0.143 e. The predicted octanol–water partition coefficient (Wildman–Crippen LogP) is 17.3. The summed E-state index contributed by atoms with van der Waals surface area (Å²) < 4.78 is 7.12. The van der Waals surface area contributed by atoms with Gasteiger partial charge in [0.25, 0.3) is 0 Å². The summed E-state index contributed by atoms with van der Waals surface area (Å²) in [6, 6.07) is 77.8. The third kappa shape index (κ3) is 5.38. The van der Waals surface area contributed by atoms with Gasteiger partial charge >= 0.3 is 0 Å². The Hall–Kier alpha value is -7.94. The summed E-state index contributed by atoms with van der Waals surface area (Å²) in [6.07, 6.45) is 0. The molecule has 0 amide bonds. The molecule has 1 aromatic heterocycles. The quantitative estimate of drug-likeness (QED) is 0.161. The molecular weight excluding hydrogens is 763 g/mol. The molecule has 1 aliphatic rings. The number of furan rings is 1. The Morgan fingerprint density at radius 2 is 0.873 bits per heavy atom. The lowest BCUT2D eigenvalue weighted by Gasteiger charge is -2.28. The number of hydrogen-bond acceptors (Lipinski definition) is 2. The molecule has 0 aliphatic heterocycles. The summed E-state index contributed by atoms with van der Waals surface area (Å²) in [4.78, 5) is 2.43. The molecule has 0 bridgehead atoms. The van der Waals surface area contributed by atoms with Crippen molar-refractivity contribution in [3.8, 4) is 33.4 Å². The standard InChI is InChI=1S/C61H41NO/c1-61(2)56-23-13-12-22-51(56)52-32-29-43(36-57(52)61)62(42-28-31-50-48-20-9-8-18-46(48)47-19-10-11-21-49(47)54(50)35-42)44-30-33-53-55-34-41-16-6-7-17-45(41)59(60(55)63-58(53)37-44)40-26-24-39(25-27-40)38-14-4-3-5-15-38/h3-37H,1-2H3. The minimum Gasteiger partial charge on any atom is -0.455 e. The van der Waals surface area contributed by atoms with Gasteiger partial charge < -0.3 is 9.32 Å². The fraction of sp³-hybridized carbons (Fsp3) is 0.0492. The van der Waals surface area contributed by atoms with Gasteiger partial charge in [0.05, 0.1) is 0 Å².